The Kier molecular flexibility index (Phi) is 8.16. The average molecular weight is 294 g/mol. The largest absolute Gasteiger partial charge is 0.493 e. The molecule has 1 aromatic carbocycles. The van der Waals surface area contributed by atoms with Crippen LogP contribution in [0.15, 0.2) is 18.2 Å². The minimum atomic E-state index is 0.228. The SMILES string of the molecule is CCCCN(CC)C(CN)c1ccc(OC)c(OCC)c1. The fraction of sp³-hybridized carbons (Fsp3) is 0.647. The van der Waals surface area contributed by atoms with Crippen molar-refractivity contribution in [3.8, 4) is 11.5 Å². The number of ether oxygens (including phenoxy) is 2. The number of rotatable bonds is 10. The van der Waals surface area contributed by atoms with Crippen LogP contribution in [0.2, 0.25) is 0 Å². The number of methoxy groups -OCH3 is 1. The summed E-state index contributed by atoms with van der Waals surface area (Å²) in [6, 6.07) is 6.35. The zero-order valence-electron chi connectivity index (χ0n) is 13.9. The molecule has 0 saturated carbocycles. The molecule has 1 atom stereocenters. The van der Waals surface area contributed by atoms with E-state index in [0.29, 0.717) is 13.2 Å². The summed E-state index contributed by atoms with van der Waals surface area (Å²) in [6.07, 6.45) is 2.39. The molecule has 120 valence electrons. The lowest BCUT2D eigenvalue weighted by Crippen LogP contribution is -2.34. The van der Waals surface area contributed by atoms with E-state index in [9.17, 15) is 0 Å². The average Bonchev–Trinajstić information content (AvgIpc) is 2.51. The maximum atomic E-state index is 6.03. The van der Waals surface area contributed by atoms with E-state index in [1.54, 1.807) is 7.11 Å². The van der Waals surface area contributed by atoms with Crippen molar-refractivity contribution in [1.29, 1.82) is 0 Å². The zero-order chi connectivity index (χ0) is 15.7. The molecule has 4 nitrogen and oxygen atoms in total. The maximum absolute atomic E-state index is 6.03. The van der Waals surface area contributed by atoms with Crippen molar-refractivity contribution in [2.24, 2.45) is 5.73 Å². The second kappa shape index (κ2) is 9.64. The number of unbranched alkanes of at least 4 members (excludes halogenated alkanes) is 1. The normalized spacial score (nSPS) is 12.5. The Balaban J connectivity index is 3.00. The predicted molar refractivity (Wildman–Crippen MR) is 88.1 cm³/mol. The summed E-state index contributed by atoms with van der Waals surface area (Å²) in [7, 11) is 1.66. The lowest BCUT2D eigenvalue weighted by molar-refractivity contribution is 0.208. The van der Waals surface area contributed by atoms with Gasteiger partial charge in [0.2, 0.25) is 0 Å². The van der Waals surface area contributed by atoms with Gasteiger partial charge in [-0.15, -0.1) is 0 Å². The van der Waals surface area contributed by atoms with E-state index in [2.05, 4.69) is 30.9 Å². The topological polar surface area (TPSA) is 47.7 Å². The first-order chi connectivity index (χ1) is 10.2. The summed E-state index contributed by atoms with van der Waals surface area (Å²) in [5.74, 6) is 1.57. The molecule has 0 bridgehead atoms. The molecule has 0 aliphatic carbocycles. The molecule has 0 aliphatic rings. The Labute approximate surface area is 129 Å². The van der Waals surface area contributed by atoms with Gasteiger partial charge in [-0.25, -0.2) is 0 Å². The minimum absolute atomic E-state index is 0.228. The molecule has 0 radical (unpaired) electrons. The van der Waals surface area contributed by atoms with Crippen LogP contribution in [0.4, 0.5) is 0 Å². The zero-order valence-corrected chi connectivity index (χ0v) is 13.9. The van der Waals surface area contributed by atoms with Gasteiger partial charge in [0.15, 0.2) is 11.5 Å². The van der Waals surface area contributed by atoms with Crippen molar-refractivity contribution < 1.29 is 9.47 Å². The third-order valence-electron chi connectivity index (χ3n) is 3.74. The molecule has 0 fully saturated rings. The van der Waals surface area contributed by atoms with Gasteiger partial charge in [-0.3, -0.25) is 4.90 Å². The second-order valence-corrected chi connectivity index (χ2v) is 5.08. The van der Waals surface area contributed by atoms with Crippen LogP contribution in [0.1, 0.15) is 45.2 Å². The Morgan fingerprint density at radius 2 is 1.95 bits per heavy atom. The highest BCUT2D eigenvalue weighted by Gasteiger charge is 2.19. The van der Waals surface area contributed by atoms with Crippen molar-refractivity contribution in [2.45, 2.75) is 39.7 Å². The van der Waals surface area contributed by atoms with Gasteiger partial charge in [0.05, 0.1) is 13.7 Å². The van der Waals surface area contributed by atoms with Crippen molar-refractivity contribution in [3.63, 3.8) is 0 Å². The molecule has 1 rings (SSSR count). The number of hydrogen-bond donors (Lipinski definition) is 1. The van der Waals surface area contributed by atoms with Crippen LogP contribution in [0.5, 0.6) is 11.5 Å². The van der Waals surface area contributed by atoms with E-state index >= 15 is 0 Å². The first-order valence-electron chi connectivity index (χ1n) is 7.96. The van der Waals surface area contributed by atoms with Gasteiger partial charge in [0.1, 0.15) is 0 Å². The van der Waals surface area contributed by atoms with Crippen molar-refractivity contribution in [2.75, 3.05) is 33.4 Å². The first-order valence-corrected chi connectivity index (χ1v) is 7.96. The summed E-state index contributed by atoms with van der Waals surface area (Å²) < 4.78 is 11.0. The van der Waals surface area contributed by atoms with E-state index < -0.39 is 0 Å². The minimum Gasteiger partial charge on any atom is -0.493 e. The third-order valence-corrected chi connectivity index (χ3v) is 3.74. The van der Waals surface area contributed by atoms with Crippen LogP contribution >= 0.6 is 0 Å². The molecule has 2 N–H and O–H groups in total. The number of nitrogens with zero attached hydrogens (tertiary/aromatic N) is 1. The standard InChI is InChI=1S/C17H30N2O2/c1-5-8-11-19(6-2)15(13-18)14-9-10-16(20-4)17(12-14)21-7-3/h9-10,12,15H,5-8,11,13,18H2,1-4H3. The highest BCUT2D eigenvalue weighted by molar-refractivity contribution is 5.44. The van der Waals surface area contributed by atoms with Gasteiger partial charge in [-0.2, -0.15) is 0 Å². The van der Waals surface area contributed by atoms with Crippen molar-refractivity contribution in [3.05, 3.63) is 23.8 Å². The van der Waals surface area contributed by atoms with Gasteiger partial charge in [-0.1, -0.05) is 26.3 Å². The molecule has 0 aromatic heterocycles. The van der Waals surface area contributed by atoms with E-state index in [1.165, 1.54) is 18.4 Å². The molecule has 0 heterocycles. The summed E-state index contributed by atoms with van der Waals surface area (Å²) >= 11 is 0. The lowest BCUT2D eigenvalue weighted by atomic mass is 10.0. The smallest absolute Gasteiger partial charge is 0.161 e. The molecule has 0 saturated heterocycles. The molecule has 4 heteroatoms. The summed E-state index contributed by atoms with van der Waals surface area (Å²) in [6.45, 7) is 9.68. The monoisotopic (exact) mass is 294 g/mol. The predicted octanol–water partition coefficient (Wildman–Crippen LogP) is 3.22. The molecule has 0 aliphatic heterocycles. The first kappa shape index (κ1) is 17.8. The van der Waals surface area contributed by atoms with Crippen molar-refractivity contribution >= 4 is 0 Å². The Morgan fingerprint density at radius 3 is 2.48 bits per heavy atom. The van der Waals surface area contributed by atoms with Gasteiger partial charge in [-0.05, 0) is 44.1 Å². The van der Waals surface area contributed by atoms with Crippen LogP contribution in [0, 0.1) is 0 Å². The van der Waals surface area contributed by atoms with Crippen LogP contribution < -0.4 is 15.2 Å². The van der Waals surface area contributed by atoms with Crippen LogP contribution in [0.3, 0.4) is 0 Å². The number of likely N-dealkylation sites (N-methyl/N-ethyl adjacent to an activating group) is 1. The highest BCUT2D eigenvalue weighted by atomic mass is 16.5. The van der Waals surface area contributed by atoms with E-state index in [4.69, 9.17) is 15.2 Å². The Hall–Kier alpha value is -1.26. The number of benzene rings is 1. The van der Waals surface area contributed by atoms with Gasteiger partial charge >= 0.3 is 0 Å². The highest BCUT2D eigenvalue weighted by Crippen LogP contribution is 2.32. The van der Waals surface area contributed by atoms with E-state index in [-0.39, 0.29) is 6.04 Å². The quantitative estimate of drug-likeness (QED) is 0.720. The summed E-state index contributed by atoms with van der Waals surface area (Å²) in [5, 5.41) is 0. The fourth-order valence-corrected chi connectivity index (χ4v) is 2.56. The molecule has 0 spiro atoms. The number of hydrogen-bond acceptors (Lipinski definition) is 4. The molecule has 1 unspecified atom stereocenters. The summed E-state index contributed by atoms with van der Waals surface area (Å²) in [5.41, 5.74) is 7.23. The van der Waals surface area contributed by atoms with E-state index in [0.717, 1.165) is 24.6 Å². The van der Waals surface area contributed by atoms with Crippen LogP contribution in [0.25, 0.3) is 0 Å². The molecule has 0 amide bonds. The van der Waals surface area contributed by atoms with Gasteiger partial charge in [0, 0.05) is 12.6 Å². The van der Waals surface area contributed by atoms with Crippen LogP contribution in [-0.4, -0.2) is 38.3 Å². The molecular formula is C17H30N2O2. The Morgan fingerprint density at radius 1 is 1.19 bits per heavy atom. The maximum Gasteiger partial charge on any atom is 0.161 e. The molecule has 1 aromatic rings. The Bertz CT molecular complexity index is 410. The third kappa shape index (κ3) is 4.90. The van der Waals surface area contributed by atoms with Gasteiger partial charge in [0.25, 0.3) is 0 Å². The van der Waals surface area contributed by atoms with Gasteiger partial charge < -0.3 is 15.2 Å². The van der Waals surface area contributed by atoms with E-state index in [1.807, 2.05) is 13.0 Å². The second-order valence-electron chi connectivity index (χ2n) is 5.08. The molecular weight excluding hydrogens is 264 g/mol. The number of nitrogens with two attached hydrogens (primary N) is 1. The lowest BCUT2D eigenvalue weighted by Gasteiger charge is -2.30. The van der Waals surface area contributed by atoms with Crippen LogP contribution in [-0.2, 0) is 0 Å². The fourth-order valence-electron chi connectivity index (χ4n) is 2.56. The summed E-state index contributed by atoms with van der Waals surface area (Å²) in [4.78, 5) is 2.43. The van der Waals surface area contributed by atoms with Crippen molar-refractivity contribution in [1.82, 2.24) is 4.90 Å². The molecule has 21 heavy (non-hydrogen) atoms.